The van der Waals surface area contributed by atoms with E-state index in [4.69, 9.17) is 12.2 Å². The molecule has 0 unspecified atom stereocenters. The lowest BCUT2D eigenvalue weighted by atomic mass is 11.0. The molecule has 0 spiro atoms. The van der Waals surface area contributed by atoms with Crippen molar-refractivity contribution in [1.82, 2.24) is 0 Å². The van der Waals surface area contributed by atoms with Crippen molar-refractivity contribution in [2.24, 2.45) is 0 Å². The highest BCUT2D eigenvalue weighted by Gasteiger charge is 2.04. The summed E-state index contributed by atoms with van der Waals surface area (Å²) in [5.74, 6) is 2.45. The van der Waals surface area contributed by atoms with Gasteiger partial charge in [0.15, 0.2) is 0 Å². The number of hydrogen-bond acceptors (Lipinski definition) is 3. The molecule has 0 aromatic rings. The minimum Gasteiger partial charge on any atom is -0.107 e. The average molecular weight is 278 g/mol. The van der Waals surface area contributed by atoms with Gasteiger partial charge in [0.2, 0.25) is 0 Å². The fourth-order valence-corrected chi connectivity index (χ4v) is 2.62. The molecule has 48 valence electrons. The second kappa shape index (κ2) is 6.64. The van der Waals surface area contributed by atoms with Crippen molar-refractivity contribution in [3.63, 3.8) is 0 Å². The highest BCUT2D eigenvalue weighted by molar-refractivity contribution is 14.1. The molecule has 0 radical (unpaired) electrons. The maximum atomic E-state index is 4.84. The lowest BCUT2D eigenvalue weighted by Crippen LogP contribution is -1.64. The first kappa shape index (κ1) is 9.52. The van der Waals surface area contributed by atoms with Gasteiger partial charge in [-0.1, -0.05) is 34.8 Å². The zero-order chi connectivity index (χ0) is 6.41. The van der Waals surface area contributed by atoms with E-state index in [9.17, 15) is 0 Å². The van der Waals surface area contributed by atoms with Crippen LogP contribution in [0.25, 0.3) is 0 Å². The van der Waals surface area contributed by atoms with Gasteiger partial charge < -0.3 is 0 Å². The summed E-state index contributed by atoms with van der Waals surface area (Å²) in [7, 11) is 0. The summed E-state index contributed by atoms with van der Waals surface area (Å²) < 4.78 is 1.12. The van der Waals surface area contributed by atoms with Gasteiger partial charge in [-0.25, -0.2) is 0 Å². The Labute approximate surface area is 77.7 Å². The van der Waals surface area contributed by atoms with E-state index in [0.29, 0.717) is 0 Å². The number of halogens is 1. The largest absolute Gasteiger partial charge is 0.107 e. The Morgan fingerprint density at radius 1 is 1.38 bits per heavy atom. The fraction of sp³-hybridized carbons (Fsp3) is 0.750. The molecule has 0 N–H and O–H groups in total. The van der Waals surface area contributed by atoms with Gasteiger partial charge in [0.1, 0.15) is 3.53 Å². The highest BCUT2D eigenvalue weighted by atomic mass is 127. The molecule has 0 atom stereocenters. The summed E-state index contributed by atoms with van der Waals surface area (Å²) in [6.45, 7) is 0. The zero-order valence-electron chi connectivity index (χ0n) is 4.52. The number of rotatable bonds is 0. The predicted octanol–water partition coefficient (Wildman–Crippen LogP) is 2.80. The molecule has 1 saturated heterocycles. The first-order chi connectivity index (χ1) is 3.89. The van der Waals surface area contributed by atoms with Gasteiger partial charge in [0.25, 0.3) is 0 Å². The topological polar surface area (TPSA) is 0 Å². The zero-order valence-corrected chi connectivity index (χ0v) is 9.12. The summed E-state index contributed by atoms with van der Waals surface area (Å²) in [5, 5.41) is 0. The lowest BCUT2D eigenvalue weighted by Gasteiger charge is -1.75. The van der Waals surface area contributed by atoms with Gasteiger partial charge >= 0.3 is 0 Å². The van der Waals surface area contributed by atoms with Crippen LogP contribution in [0.2, 0.25) is 0 Å². The lowest BCUT2D eigenvalue weighted by molar-refractivity contribution is 1.59. The molecule has 0 nitrogen and oxygen atoms in total. The van der Waals surface area contributed by atoms with E-state index in [2.05, 4.69) is 22.6 Å². The smallest absolute Gasteiger partial charge is 0.104 e. The summed E-state index contributed by atoms with van der Waals surface area (Å²) in [6, 6.07) is 0. The first-order valence-corrected chi connectivity index (χ1v) is 6.60. The standard InChI is InChI=1S/C3H4S3.CH3I/c4-3-5-1-2-6-3;1-2/h1-2H2;1H3. The fourth-order valence-electron chi connectivity index (χ4n) is 0.292. The molecular formula is C4H7IS3. The van der Waals surface area contributed by atoms with Crippen molar-refractivity contribution in [3.8, 4) is 0 Å². The van der Waals surface area contributed by atoms with Crippen molar-refractivity contribution >= 4 is 61.9 Å². The molecule has 8 heavy (non-hydrogen) atoms. The highest BCUT2D eigenvalue weighted by Crippen LogP contribution is 2.25. The monoisotopic (exact) mass is 278 g/mol. The predicted molar refractivity (Wildman–Crippen MR) is 57.5 cm³/mol. The molecular weight excluding hydrogens is 271 g/mol. The van der Waals surface area contributed by atoms with Crippen LogP contribution in [0.5, 0.6) is 0 Å². The van der Waals surface area contributed by atoms with Crippen molar-refractivity contribution in [3.05, 3.63) is 0 Å². The molecule has 0 bridgehead atoms. The summed E-state index contributed by atoms with van der Waals surface area (Å²) in [5.41, 5.74) is 0. The van der Waals surface area contributed by atoms with Crippen molar-refractivity contribution in [1.29, 1.82) is 0 Å². The van der Waals surface area contributed by atoms with Crippen LogP contribution >= 0.6 is 58.3 Å². The Bertz CT molecular complexity index is 65.7. The van der Waals surface area contributed by atoms with Gasteiger partial charge in [-0.2, -0.15) is 0 Å². The Morgan fingerprint density at radius 3 is 1.88 bits per heavy atom. The Balaban J connectivity index is 0.000000222. The van der Waals surface area contributed by atoms with Crippen LogP contribution in [0.15, 0.2) is 0 Å². The van der Waals surface area contributed by atoms with Crippen molar-refractivity contribution in [2.75, 3.05) is 16.4 Å². The summed E-state index contributed by atoms with van der Waals surface area (Å²) >= 11 is 10.6. The number of hydrogen-bond donors (Lipinski definition) is 0. The second-order valence-electron chi connectivity index (χ2n) is 0.947. The molecule has 1 aliphatic rings. The van der Waals surface area contributed by atoms with Gasteiger partial charge in [0.05, 0.1) is 0 Å². The first-order valence-electron chi connectivity index (χ1n) is 2.07. The van der Waals surface area contributed by atoms with Crippen LogP contribution in [-0.4, -0.2) is 20.0 Å². The van der Waals surface area contributed by atoms with E-state index >= 15 is 0 Å². The quantitative estimate of drug-likeness (QED) is 0.380. The summed E-state index contributed by atoms with van der Waals surface area (Å²) in [4.78, 5) is 1.97. The van der Waals surface area contributed by atoms with Crippen LogP contribution in [0, 0.1) is 0 Å². The van der Waals surface area contributed by atoms with Gasteiger partial charge in [-0.05, 0) is 4.93 Å². The molecule has 1 rings (SSSR count). The van der Waals surface area contributed by atoms with Crippen LogP contribution in [0.3, 0.4) is 0 Å². The van der Waals surface area contributed by atoms with E-state index in [1.165, 1.54) is 11.5 Å². The van der Waals surface area contributed by atoms with Crippen molar-refractivity contribution < 1.29 is 0 Å². The molecule has 0 saturated carbocycles. The SMILES string of the molecule is CI.S=C1SCCS1. The minimum absolute atomic E-state index is 1.12. The Morgan fingerprint density at radius 2 is 1.75 bits per heavy atom. The van der Waals surface area contributed by atoms with Crippen LogP contribution in [-0.2, 0) is 0 Å². The third-order valence-corrected chi connectivity index (χ3v) is 3.48. The maximum absolute atomic E-state index is 4.84. The van der Waals surface area contributed by atoms with Gasteiger partial charge in [0, 0.05) is 11.5 Å². The van der Waals surface area contributed by atoms with E-state index in [1.54, 1.807) is 23.5 Å². The van der Waals surface area contributed by atoms with E-state index in [1.807, 2.05) is 4.93 Å². The molecule has 0 aromatic carbocycles. The molecule has 1 aliphatic heterocycles. The van der Waals surface area contributed by atoms with Gasteiger partial charge in [-0.15, -0.1) is 23.5 Å². The second-order valence-corrected chi connectivity index (χ2v) is 4.34. The average Bonchev–Trinajstić information content (AvgIpc) is 2.24. The Hall–Kier alpha value is 1.52. The van der Waals surface area contributed by atoms with E-state index < -0.39 is 0 Å². The minimum atomic E-state index is 1.12. The van der Waals surface area contributed by atoms with Crippen molar-refractivity contribution in [2.45, 2.75) is 0 Å². The van der Waals surface area contributed by atoms with Crippen LogP contribution in [0.4, 0.5) is 0 Å². The molecule has 4 heteroatoms. The molecule has 1 fully saturated rings. The number of thiocarbonyl (C=S) groups is 1. The molecule has 0 aromatic heterocycles. The number of alkyl halides is 1. The van der Waals surface area contributed by atoms with Crippen LogP contribution in [0.1, 0.15) is 0 Å². The van der Waals surface area contributed by atoms with Gasteiger partial charge in [-0.3, -0.25) is 0 Å². The third-order valence-electron chi connectivity index (χ3n) is 0.523. The Kier molecular flexibility index (Phi) is 7.90. The van der Waals surface area contributed by atoms with E-state index in [-0.39, 0.29) is 0 Å². The molecule has 0 amide bonds. The molecule has 0 aliphatic carbocycles. The number of thioether (sulfide) groups is 2. The normalized spacial score (nSPS) is 17.5. The van der Waals surface area contributed by atoms with Crippen LogP contribution < -0.4 is 0 Å². The van der Waals surface area contributed by atoms with E-state index in [0.717, 1.165) is 3.53 Å². The summed E-state index contributed by atoms with van der Waals surface area (Å²) in [6.07, 6.45) is 0. The third kappa shape index (κ3) is 4.40. The molecule has 1 heterocycles. The maximum Gasteiger partial charge on any atom is 0.104 e.